The van der Waals surface area contributed by atoms with E-state index < -0.39 is 0 Å². The Morgan fingerprint density at radius 2 is 1.52 bits per heavy atom. The van der Waals surface area contributed by atoms with Gasteiger partial charge in [0.1, 0.15) is 0 Å². The SMILES string of the molecule is CN(C)C(=O)c1cc(Cl)ccc1Sc1ccc(Cl)cc1Cl. The summed E-state index contributed by atoms with van der Waals surface area (Å²) < 4.78 is 0. The second kappa shape index (κ2) is 6.93. The van der Waals surface area contributed by atoms with Gasteiger partial charge in [-0.25, -0.2) is 0 Å². The van der Waals surface area contributed by atoms with Crippen molar-refractivity contribution < 1.29 is 4.79 Å². The molecule has 1 amide bonds. The summed E-state index contributed by atoms with van der Waals surface area (Å²) >= 11 is 19.5. The van der Waals surface area contributed by atoms with Crippen molar-refractivity contribution in [3.05, 3.63) is 57.0 Å². The molecule has 0 radical (unpaired) electrons. The van der Waals surface area contributed by atoms with Crippen LogP contribution in [0.2, 0.25) is 15.1 Å². The van der Waals surface area contributed by atoms with Gasteiger partial charge in [-0.15, -0.1) is 0 Å². The van der Waals surface area contributed by atoms with Gasteiger partial charge in [-0.05, 0) is 36.4 Å². The smallest absolute Gasteiger partial charge is 0.254 e. The molecule has 0 N–H and O–H groups in total. The molecule has 0 aliphatic rings. The number of rotatable bonds is 3. The summed E-state index contributed by atoms with van der Waals surface area (Å²) in [7, 11) is 3.40. The molecule has 2 rings (SSSR count). The Balaban J connectivity index is 2.42. The van der Waals surface area contributed by atoms with Gasteiger partial charge in [-0.3, -0.25) is 4.79 Å². The monoisotopic (exact) mass is 359 g/mol. The molecule has 0 saturated carbocycles. The molecule has 0 unspecified atom stereocenters. The van der Waals surface area contributed by atoms with Gasteiger partial charge in [0.2, 0.25) is 0 Å². The average molecular weight is 361 g/mol. The van der Waals surface area contributed by atoms with Gasteiger partial charge in [-0.1, -0.05) is 46.6 Å². The Morgan fingerprint density at radius 3 is 2.10 bits per heavy atom. The molecule has 0 spiro atoms. The molecule has 2 aromatic rings. The summed E-state index contributed by atoms with van der Waals surface area (Å²) in [5, 5.41) is 1.64. The quantitative estimate of drug-likeness (QED) is 0.720. The molecule has 0 fully saturated rings. The maximum Gasteiger partial charge on any atom is 0.254 e. The van der Waals surface area contributed by atoms with E-state index in [-0.39, 0.29) is 5.91 Å². The third-order valence-electron chi connectivity index (χ3n) is 2.69. The standard InChI is InChI=1S/C15H12Cl3NOS/c1-19(2)15(20)11-7-9(16)3-5-13(11)21-14-6-4-10(17)8-12(14)18/h3-8H,1-2H3. The highest BCUT2D eigenvalue weighted by molar-refractivity contribution is 7.99. The largest absolute Gasteiger partial charge is 0.345 e. The fourth-order valence-electron chi connectivity index (χ4n) is 1.68. The van der Waals surface area contributed by atoms with E-state index in [0.717, 1.165) is 9.79 Å². The third-order valence-corrected chi connectivity index (χ3v) is 4.74. The van der Waals surface area contributed by atoms with Crippen LogP contribution < -0.4 is 0 Å². The van der Waals surface area contributed by atoms with E-state index in [0.29, 0.717) is 20.6 Å². The second-order valence-electron chi connectivity index (χ2n) is 4.52. The van der Waals surface area contributed by atoms with Crippen molar-refractivity contribution >= 4 is 52.5 Å². The van der Waals surface area contributed by atoms with Crippen molar-refractivity contribution in [3.63, 3.8) is 0 Å². The first-order valence-corrected chi connectivity index (χ1v) is 7.97. The summed E-state index contributed by atoms with van der Waals surface area (Å²) in [6.45, 7) is 0. The van der Waals surface area contributed by atoms with Gasteiger partial charge in [0.25, 0.3) is 5.91 Å². The molecule has 0 atom stereocenters. The zero-order chi connectivity index (χ0) is 15.6. The lowest BCUT2D eigenvalue weighted by Gasteiger charge is -2.14. The van der Waals surface area contributed by atoms with E-state index in [1.807, 2.05) is 12.1 Å². The molecular weight excluding hydrogens is 349 g/mol. The van der Waals surface area contributed by atoms with E-state index in [1.165, 1.54) is 16.7 Å². The molecule has 110 valence electrons. The van der Waals surface area contributed by atoms with E-state index in [1.54, 1.807) is 38.4 Å². The highest BCUT2D eigenvalue weighted by Gasteiger charge is 2.16. The van der Waals surface area contributed by atoms with Gasteiger partial charge < -0.3 is 4.90 Å². The number of halogens is 3. The van der Waals surface area contributed by atoms with Gasteiger partial charge in [0, 0.05) is 33.9 Å². The number of hydrogen-bond donors (Lipinski definition) is 0. The minimum Gasteiger partial charge on any atom is -0.345 e. The highest BCUT2D eigenvalue weighted by atomic mass is 35.5. The van der Waals surface area contributed by atoms with Crippen LogP contribution in [-0.2, 0) is 0 Å². The minimum atomic E-state index is -0.106. The Hall–Kier alpha value is -0.870. The van der Waals surface area contributed by atoms with Crippen LogP contribution in [0.3, 0.4) is 0 Å². The number of benzene rings is 2. The highest BCUT2D eigenvalue weighted by Crippen LogP contribution is 2.37. The first kappa shape index (κ1) is 16.5. The number of carbonyl (C=O) groups excluding carboxylic acids is 1. The van der Waals surface area contributed by atoms with Crippen molar-refractivity contribution in [1.29, 1.82) is 0 Å². The molecule has 21 heavy (non-hydrogen) atoms. The molecule has 2 nitrogen and oxygen atoms in total. The fourth-order valence-corrected chi connectivity index (χ4v) is 3.29. The molecule has 0 aliphatic heterocycles. The van der Waals surface area contributed by atoms with Crippen molar-refractivity contribution in [2.24, 2.45) is 0 Å². The van der Waals surface area contributed by atoms with Crippen LogP contribution in [-0.4, -0.2) is 24.9 Å². The number of nitrogens with zero attached hydrogens (tertiary/aromatic N) is 1. The lowest BCUT2D eigenvalue weighted by molar-refractivity contribution is 0.0824. The Bertz CT molecular complexity index is 689. The number of amides is 1. The van der Waals surface area contributed by atoms with Crippen LogP contribution in [0.1, 0.15) is 10.4 Å². The van der Waals surface area contributed by atoms with Gasteiger partial charge >= 0.3 is 0 Å². The van der Waals surface area contributed by atoms with E-state index >= 15 is 0 Å². The van der Waals surface area contributed by atoms with Crippen LogP contribution in [0.15, 0.2) is 46.2 Å². The van der Waals surface area contributed by atoms with E-state index in [9.17, 15) is 4.79 Å². The predicted octanol–water partition coefficient (Wildman–Crippen LogP) is 5.50. The number of carbonyl (C=O) groups is 1. The van der Waals surface area contributed by atoms with Crippen LogP contribution in [0.4, 0.5) is 0 Å². The molecule has 0 heterocycles. The molecular formula is C15H12Cl3NOS. The molecule has 2 aromatic carbocycles. The van der Waals surface area contributed by atoms with Gasteiger partial charge in [-0.2, -0.15) is 0 Å². The summed E-state index contributed by atoms with van der Waals surface area (Å²) in [5.74, 6) is -0.106. The minimum absolute atomic E-state index is 0.106. The molecule has 0 aliphatic carbocycles. The fraction of sp³-hybridized carbons (Fsp3) is 0.133. The van der Waals surface area contributed by atoms with Crippen molar-refractivity contribution in [3.8, 4) is 0 Å². The number of hydrogen-bond acceptors (Lipinski definition) is 2. The molecule has 0 saturated heterocycles. The zero-order valence-corrected chi connectivity index (χ0v) is 14.4. The van der Waals surface area contributed by atoms with Crippen LogP contribution >= 0.6 is 46.6 Å². The van der Waals surface area contributed by atoms with Crippen molar-refractivity contribution in [2.45, 2.75) is 9.79 Å². The maximum atomic E-state index is 12.2. The Morgan fingerprint density at radius 1 is 0.952 bits per heavy atom. The zero-order valence-electron chi connectivity index (χ0n) is 11.4. The molecule has 6 heteroatoms. The molecule has 0 bridgehead atoms. The van der Waals surface area contributed by atoms with Crippen molar-refractivity contribution in [1.82, 2.24) is 4.90 Å². The molecule has 0 aromatic heterocycles. The topological polar surface area (TPSA) is 20.3 Å². The van der Waals surface area contributed by atoms with Gasteiger partial charge in [0.15, 0.2) is 0 Å². The first-order valence-electron chi connectivity index (χ1n) is 6.02. The summed E-state index contributed by atoms with van der Waals surface area (Å²) in [6.07, 6.45) is 0. The van der Waals surface area contributed by atoms with Gasteiger partial charge in [0.05, 0.1) is 10.6 Å². The first-order chi connectivity index (χ1) is 9.88. The van der Waals surface area contributed by atoms with Crippen LogP contribution in [0.5, 0.6) is 0 Å². The van der Waals surface area contributed by atoms with Crippen molar-refractivity contribution in [2.75, 3.05) is 14.1 Å². The third kappa shape index (κ3) is 4.07. The summed E-state index contributed by atoms with van der Waals surface area (Å²) in [6, 6.07) is 10.5. The van der Waals surface area contributed by atoms with E-state index in [2.05, 4.69) is 0 Å². The Kier molecular flexibility index (Phi) is 5.44. The summed E-state index contributed by atoms with van der Waals surface area (Å²) in [5.41, 5.74) is 0.545. The maximum absolute atomic E-state index is 12.2. The lowest BCUT2D eigenvalue weighted by atomic mass is 10.2. The van der Waals surface area contributed by atoms with Crippen LogP contribution in [0, 0.1) is 0 Å². The normalized spacial score (nSPS) is 10.5. The van der Waals surface area contributed by atoms with E-state index in [4.69, 9.17) is 34.8 Å². The summed E-state index contributed by atoms with van der Waals surface area (Å²) in [4.78, 5) is 15.4. The van der Waals surface area contributed by atoms with Crippen LogP contribution in [0.25, 0.3) is 0 Å². The lowest BCUT2D eigenvalue weighted by Crippen LogP contribution is -2.22. The predicted molar refractivity (Wildman–Crippen MR) is 90.1 cm³/mol. The average Bonchev–Trinajstić information content (AvgIpc) is 2.42. The Labute approximate surface area is 143 Å². The second-order valence-corrected chi connectivity index (χ2v) is 6.88.